The molecular formula is C21H33N5O2. The van der Waals surface area contributed by atoms with E-state index in [1.54, 1.807) is 23.7 Å². The predicted molar refractivity (Wildman–Crippen MR) is 111 cm³/mol. The Labute approximate surface area is 167 Å². The molecule has 2 aliphatic rings. The van der Waals surface area contributed by atoms with Gasteiger partial charge in [0.25, 0.3) is 0 Å². The van der Waals surface area contributed by atoms with Crippen molar-refractivity contribution in [1.29, 1.82) is 0 Å². The van der Waals surface area contributed by atoms with Gasteiger partial charge in [0.1, 0.15) is 0 Å². The summed E-state index contributed by atoms with van der Waals surface area (Å²) in [6.07, 6.45) is 9.20. The monoisotopic (exact) mass is 387 g/mol. The van der Waals surface area contributed by atoms with Gasteiger partial charge in [0.2, 0.25) is 11.5 Å². The summed E-state index contributed by atoms with van der Waals surface area (Å²) in [5.41, 5.74) is 0.0471. The number of carbonyl (C=O) groups excluding carboxylic acids is 1. The molecule has 2 fully saturated rings. The molecule has 7 nitrogen and oxygen atoms in total. The summed E-state index contributed by atoms with van der Waals surface area (Å²) in [5, 5.41) is 6.79. The first-order valence-electron chi connectivity index (χ1n) is 10.6. The highest BCUT2D eigenvalue weighted by molar-refractivity contribution is 5.81. The number of carbonyl (C=O) groups is 1. The van der Waals surface area contributed by atoms with Gasteiger partial charge < -0.3 is 20.1 Å². The minimum Gasteiger partial charge on any atom is -0.356 e. The molecule has 0 aromatic carbocycles. The first kappa shape index (κ1) is 20.4. The number of aryl methyl sites for hydroxylation is 1. The zero-order valence-electron chi connectivity index (χ0n) is 16.9. The van der Waals surface area contributed by atoms with Gasteiger partial charge in [-0.25, -0.2) is 0 Å². The average Bonchev–Trinajstić information content (AvgIpc) is 3.40. The van der Waals surface area contributed by atoms with Gasteiger partial charge in [-0.15, -0.1) is 0 Å². The van der Waals surface area contributed by atoms with Crippen LogP contribution in [0, 0.1) is 5.92 Å². The average molecular weight is 388 g/mol. The number of unbranched alkanes of at least 4 members (excludes halogenated alkanes) is 1. The minimum absolute atomic E-state index is 0.0471. The van der Waals surface area contributed by atoms with Gasteiger partial charge in [-0.3, -0.25) is 14.6 Å². The van der Waals surface area contributed by atoms with Crippen LogP contribution < -0.4 is 16.2 Å². The Kier molecular flexibility index (Phi) is 7.51. The third-order valence-electron chi connectivity index (χ3n) is 5.79. The second-order valence-electron chi connectivity index (χ2n) is 7.83. The number of aliphatic imine (C=N–C) groups is 1. The number of pyridine rings is 1. The largest absolute Gasteiger partial charge is 0.356 e. The molecule has 1 aliphatic heterocycles. The van der Waals surface area contributed by atoms with Gasteiger partial charge in [0.05, 0.1) is 0 Å². The topological polar surface area (TPSA) is 78.7 Å². The lowest BCUT2D eigenvalue weighted by molar-refractivity contribution is -0.134. The third-order valence-corrected chi connectivity index (χ3v) is 5.79. The number of hydrogen-bond acceptors (Lipinski definition) is 3. The molecule has 1 unspecified atom stereocenters. The van der Waals surface area contributed by atoms with E-state index in [0.29, 0.717) is 5.91 Å². The van der Waals surface area contributed by atoms with Crippen molar-refractivity contribution in [2.24, 2.45) is 10.9 Å². The molecule has 1 aromatic heterocycles. The molecular weight excluding hydrogens is 354 g/mol. The van der Waals surface area contributed by atoms with Crippen molar-refractivity contribution in [1.82, 2.24) is 20.1 Å². The van der Waals surface area contributed by atoms with Crippen molar-refractivity contribution in [3.05, 3.63) is 34.7 Å². The van der Waals surface area contributed by atoms with E-state index in [-0.39, 0.29) is 17.5 Å². The van der Waals surface area contributed by atoms with E-state index in [2.05, 4.69) is 15.6 Å². The zero-order valence-corrected chi connectivity index (χ0v) is 16.9. The fourth-order valence-corrected chi connectivity index (χ4v) is 4.16. The Morgan fingerprint density at radius 2 is 2.04 bits per heavy atom. The van der Waals surface area contributed by atoms with Crippen LogP contribution in [-0.2, 0) is 11.3 Å². The molecule has 1 aliphatic carbocycles. The van der Waals surface area contributed by atoms with E-state index in [1.165, 1.54) is 12.8 Å². The molecule has 1 amide bonds. The zero-order chi connectivity index (χ0) is 19.8. The van der Waals surface area contributed by atoms with Crippen LogP contribution in [0.5, 0.6) is 0 Å². The molecule has 3 rings (SSSR count). The van der Waals surface area contributed by atoms with Crippen molar-refractivity contribution >= 4 is 11.9 Å². The smallest absolute Gasteiger partial charge is 0.250 e. The summed E-state index contributed by atoms with van der Waals surface area (Å²) in [6.45, 7) is 3.15. The highest BCUT2D eigenvalue weighted by Gasteiger charge is 2.32. The molecule has 2 heterocycles. The Morgan fingerprint density at radius 3 is 2.79 bits per heavy atom. The molecule has 1 atom stereocenters. The van der Waals surface area contributed by atoms with Crippen molar-refractivity contribution in [2.45, 2.75) is 57.5 Å². The summed E-state index contributed by atoms with van der Waals surface area (Å²) < 4.78 is 1.74. The first-order valence-corrected chi connectivity index (χ1v) is 10.6. The predicted octanol–water partition coefficient (Wildman–Crippen LogP) is 1.58. The van der Waals surface area contributed by atoms with Gasteiger partial charge in [-0.2, -0.15) is 0 Å². The van der Waals surface area contributed by atoms with Gasteiger partial charge in [-0.05, 0) is 38.2 Å². The van der Waals surface area contributed by atoms with Crippen LogP contribution in [0.4, 0.5) is 0 Å². The number of nitrogens with one attached hydrogen (secondary N) is 2. The number of likely N-dealkylation sites (tertiary alicyclic amines) is 1. The molecule has 0 radical (unpaired) electrons. The fourth-order valence-electron chi connectivity index (χ4n) is 4.16. The van der Waals surface area contributed by atoms with Gasteiger partial charge >= 0.3 is 0 Å². The van der Waals surface area contributed by atoms with Crippen LogP contribution in [0.2, 0.25) is 0 Å². The van der Waals surface area contributed by atoms with E-state index >= 15 is 0 Å². The quantitative estimate of drug-likeness (QED) is 0.423. The van der Waals surface area contributed by atoms with Crippen LogP contribution in [-0.4, -0.2) is 54.1 Å². The maximum absolute atomic E-state index is 12.6. The number of amides is 1. The minimum atomic E-state index is 0.0471. The number of nitrogens with zero attached hydrogens (tertiary/aromatic N) is 3. The summed E-state index contributed by atoms with van der Waals surface area (Å²) in [5.74, 6) is 1.39. The van der Waals surface area contributed by atoms with Crippen LogP contribution in [0.1, 0.15) is 44.9 Å². The lowest BCUT2D eigenvalue weighted by Crippen LogP contribution is -2.45. The standard InChI is InChI=1S/C21H33N5O2/c1-22-21(23-12-5-7-14-25-13-6-4-10-19(25)27)24-18-11-15-26(16-18)20(28)17-8-2-3-9-17/h4,6,10,13,17-18H,2-3,5,7-9,11-12,14-16H2,1H3,(H2,22,23,24). The van der Waals surface area contributed by atoms with Crippen LogP contribution in [0.15, 0.2) is 34.2 Å². The molecule has 1 saturated carbocycles. The lowest BCUT2D eigenvalue weighted by Gasteiger charge is -2.21. The SMILES string of the molecule is CN=C(NCCCCn1ccccc1=O)NC1CCN(C(=O)C2CCCC2)C1. The molecule has 1 aromatic rings. The van der Waals surface area contributed by atoms with Gasteiger partial charge in [0, 0.05) is 57.4 Å². The van der Waals surface area contributed by atoms with E-state index in [4.69, 9.17) is 0 Å². The summed E-state index contributed by atoms with van der Waals surface area (Å²) >= 11 is 0. The Hall–Kier alpha value is -2.31. The maximum atomic E-state index is 12.6. The number of aromatic nitrogens is 1. The number of hydrogen-bond donors (Lipinski definition) is 2. The second-order valence-corrected chi connectivity index (χ2v) is 7.83. The van der Waals surface area contributed by atoms with E-state index < -0.39 is 0 Å². The third kappa shape index (κ3) is 5.59. The van der Waals surface area contributed by atoms with Gasteiger partial charge in [0.15, 0.2) is 5.96 Å². The Bertz CT molecular complexity index is 724. The van der Waals surface area contributed by atoms with Crippen molar-refractivity contribution < 1.29 is 4.79 Å². The van der Waals surface area contributed by atoms with E-state index in [9.17, 15) is 9.59 Å². The lowest BCUT2D eigenvalue weighted by atomic mass is 10.1. The highest BCUT2D eigenvalue weighted by Crippen LogP contribution is 2.27. The van der Waals surface area contributed by atoms with Crippen molar-refractivity contribution in [3.8, 4) is 0 Å². The second kappa shape index (κ2) is 10.3. The number of rotatable bonds is 7. The molecule has 154 valence electrons. The van der Waals surface area contributed by atoms with E-state index in [0.717, 1.165) is 64.2 Å². The molecule has 1 saturated heterocycles. The van der Waals surface area contributed by atoms with Crippen LogP contribution in [0.3, 0.4) is 0 Å². The first-order chi connectivity index (χ1) is 13.7. The summed E-state index contributed by atoms with van der Waals surface area (Å²) in [7, 11) is 1.77. The van der Waals surface area contributed by atoms with Crippen molar-refractivity contribution in [2.75, 3.05) is 26.7 Å². The Morgan fingerprint density at radius 1 is 1.21 bits per heavy atom. The molecule has 7 heteroatoms. The van der Waals surface area contributed by atoms with Crippen LogP contribution in [0.25, 0.3) is 0 Å². The fraction of sp³-hybridized carbons (Fsp3) is 0.667. The molecule has 0 bridgehead atoms. The maximum Gasteiger partial charge on any atom is 0.250 e. The van der Waals surface area contributed by atoms with Crippen LogP contribution >= 0.6 is 0 Å². The summed E-state index contributed by atoms with van der Waals surface area (Å²) in [4.78, 5) is 30.6. The van der Waals surface area contributed by atoms with Crippen molar-refractivity contribution in [3.63, 3.8) is 0 Å². The summed E-state index contributed by atoms with van der Waals surface area (Å²) in [6, 6.07) is 5.50. The normalized spacial score (nSPS) is 20.5. The molecule has 28 heavy (non-hydrogen) atoms. The Balaban J connectivity index is 1.34. The molecule has 0 spiro atoms. The van der Waals surface area contributed by atoms with Gasteiger partial charge in [-0.1, -0.05) is 18.9 Å². The van der Waals surface area contributed by atoms with E-state index in [1.807, 2.05) is 17.2 Å². The molecule has 2 N–H and O–H groups in total. The number of guanidine groups is 1. The highest BCUT2D eigenvalue weighted by atomic mass is 16.2.